The Kier molecular flexibility index (Phi) is 5.18. The summed E-state index contributed by atoms with van der Waals surface area (Å²) in [4.78, 5) is 12.2. The van der Waals surface area contributed by atoms with Crippen LogP contribution in [0.4, 0.5) is 0 Å². The third kappa shape index (κ3) is 4.43. The standard InChI is InChI=1S/C18H20BrNO/c1-12-7-8-17(13(2)9-12)14(3)20-18(21)11-15-5-4-6-16(19)10-15/h4-10,14H,11H2,1-3H3,(H,20,21)/t14-/m1/s1. The summed E-state index contributed by atoms with van der Waals surface area (Å²) < 4.78 is 0.996. The maximum atomic E-state index is 12.2. The minimum atomic E-state index is 0.0188. The molecular formula is C18H20BrNO. The zero-order valence-electron chi connectivity index (χ0n) is 12.6. The van der Waals surface area contributed by atoms with Crippen LogP contribution >= 0.6 is 15.9 Å². The van der Waals surface area contributed by atoms with Crippen molar-refractivity contribution >= 4 is 21.8 Å². The van der Waals surface area contributed by atoms with Crippen LogP contribution in [0.2, 0.25) is 0 Å². The number of hydrogen-bond donors (Lipinski definition) is 1. The van der Waals surface area contributed by atoms with Crippen LogP contribution in [0.3, 0.4) is 0 Å². The van der Waals surface area contributed by atoms with Crippen molar-refractivity contribution in [2.24, 2.45) is 0 Å². The molecule has 110 valence electrons. The lowest BCUT2D eigenvalue weighted by molar-refractivity contribution is -0.121. The van der Waals surface area contributed by atoms with E-state index in [4.69, 9.17) is 0 Å². The second-order valence-corrected chi connectivity index (χ2v) is 6.37. The van der Waals surface area contributed by atoms with Crippen LogP contribution in [0.25, 0.3) is 0 Å². The second-order valence-electron chi connectivity index (χ2n) is 5.46. The van der Waals surface area contributed by atoms with Crippen molar-refractivity contribution in [3.63, 3.8) is 0 Å². The zero-order chi connectivity index (χ0) is 15.4. The van der Waals surface area contributed by atoms with E-state index >= 15 is 0 Å². The highest BCUT2D eigenvalue weighted by Crippen LogP contribution is 2.19. The highest BCUT2D eigenvalue weighted by molar-refractivity contribution is 9.10. The molecule has 1 N–H and O–H groups in total. The Labute approximate surface area is 134 Å². The largest absolute Gasteiger partial charge is 0.349 e. The second kappa shape index (κ2) is 6.90. The number of amides is 1. The van der Waals surface area contributed by atoms with E-state index < -0.39 is 0 Å². The number of hydrogen-bond acceptors (Lipinski definition) is 1. The fraction of sp³-hybridized carbons (Fsp3) is 0.278. The molecule has 3 heteroatoms. The molecule has 0 bridgehead atoms. The van der Waals surface area contributed by atoms with Gasteiger partial charge < -0.3 is 5.32 Å². The summed E-state index contributed by atoms with van der Waals surface area (Å²) in [5.41, 5.74) is 4.63. The molecule has 2 rings (SSSR count). The summed E-state index contributed by atoms with van der Waals surface area (Å²) >= 11 is 3.42. The lowest BCUT2D eigenvalue weighted by Crippen LogP contribution is -2.28. The van der Waals surface area contributed by atoms with Gasteiger partial charge in [-0.1, -0.05) is 51.8 Å². The first-order valence-corrected chi connectivity index (χ1v) is 7.86. The maximum absolute atomic E-state index is 12.2. The van der Waals surface area contributed by atoms with Crippen LogP contribution in [-0.2, 0) is 11.2 Å². The Balaban J connectivity index is 2.02. The Hall–Kier alpha value is -1.61. The fourth-order valence-corrected chi connectivity index (χ4v) is 2.96. The van der Waals surface area contributed by atoms with Gasteiger partial charge in [0, 0.05) is 4.47 Å². The number of carbonyl (C=O) groups is 1. The average Bonchev–Trinajstić information content (AvgIpc) is 2.38. The summed E-state index contributed by atoms with van der Waals surface area (Å²) in [6.45, 7) is 6.18. The van der Waals surface area contributed by atoms with Gasteiger partial charge in [0.15, 0.2) is 0 Å². The molecule has 0 unspecified atom stereocenters. The van der Waals surface area contributed by atoms with Crippen LogP contribution < -0.4 is 5.32 Å². The van der Waals surface area contributed by atoms with Gasteiger partial charge in [-0.2, -0.15) is 0 Å². The van der Waals surface area contributed by atoms with Crippen molar-refractivity contribution in [1.82, 2.24) is 5.32 Å². The third-order valence-corrected chi connectivity index (χ3v) is 4.02. The maximum Gasteiger partial charge on any atom is 0.224 e. The van der Waals surface area contributed by atoms with Crippen molar-refractivity contribution in [1.29, 1.82) is 0 Å². The van der Waals surface area contributed by atoms with E-state index in [1.807, 2.05) is 31.2 Å². The number of aryl methyl sites for hydroxylation is 2. The highest BCUT2D eigenvalue weighted by atomic mass is 79.9. The molecule has 0 saturated heterocycles. The van der Waals surface area contributed by atoms with Gasteiger partial charge in [0.1, 0.15) is 0 Å². The molecule has 0 heterocycles. The molecule has 0 aliphatic heterocycles. The van der Waals surface area contributed by atoms with Crippen molar-refractivity contribution in [2.45, 2.75) is 33.2 Å². The molecule has 0 aliphatic carbocycles. The Morgan fingerprint density at radius 3 is 2.62 bits per heavy atom. The SMILES string of the molecule is Cc1ccc([C@@H](C)NC(=O)Cc2cccc(Br)c2)c(C)c1. The quantitative estimate of drug-likeness (QED) is 0.869. The van der Waals surface area contributed by atoms with Crippen LogP contribution in [0, 0.1) is 13.8 Å². The van der Waals surface area contributed by atoms with Crippen molar-refractivity contribution in [3.05, 3.63) is 69.2 Å². The Morgan fingerprint density at radius 2 is 1.95 bits per heavy atom. The molecule has 2 aromatic carbocycles. The molecule has 1 amide bonds. The van der Waals surface area contributed by atoms with Crippen molar-refractivity contribution in [3.8, 4) is 0 Å². The minimum absolute atomic E-state index is 0.0188. The van der Waals surface area contributed by atoms with Crippen LogP contribution in [-0.4, -0.2) is 5.91 Å². The molecule has 0 aromatic heterocycles. The smallest absolute Gasteiger partial charge is 0.224 e. The summed E-state index contributed by atoms with van der Waals surface area (Å²) in [5, 5.41) is 3.07. The van der Waals surface area contributed by atoms with E-state index in [1.54, 1.807) is 0 Å². The van der Waals surface area contributed by atoms with E-state index in [-0.39, 0.29) is 11.9 Å². The van der Waals surface area contributed by atoms with Crippen LogP contribution in [0.15, 0.2) is 46.9 Å². The minimum Gasteiger partial charge on any atom is -0.349 e. The molecule has 0 spiro atoms. The average molecular weight is 346 g/mol. The number of carbonyl (C=O) groups excluding carboxylic acids is 1. The lowest BCUT2D eigenvalue weighted by Gasteiger charge is -2.17. The predicted molar refractivity (Wildman–Crippen MR) is 90.3 cm³/mol. The first-order chi connectivity index (χ1) is 9.95. The molecule has 2 nitrogen and oxygen atoms in total. The summed E-state index contributed by atoms with van der Waals surface area (Å²) in [5.74, 6) is 0.0422. The molecular weight excluding hydrogens is 326 g/mol. The molecule has 0 fully saturated rings. The van der Waals surface area contributed by atoms with E-state index in [2.05, 4.69) is 53.3 Å². The topological polar surface area (TPSA) is 29.1 Å². The third-order valence-electron chi connectivity index (χ3n) is 3.52. The monoisotopic (exact) mass is 345 g/mol. The van der Waals surface area contributed by atoms with Gasteiger partial charge in [0.2, 0.25) is 5.91 Å². The van der Waals surface area contributed by atoms with Crippen LogP contribution in [0.5, 0.6) is 0 Å². The first kappa shape index (κ1) is 15.8. The number of nitrogens with one attached hydrogen (secondary N) is 1. The van der Waals surface area contributed by atoms with E-state index in [1.165, 1.54) is 16.7 Å². The van der Waals surface area contributed by atoms with Gasteiger partial charge >= 0.3 is 0 Å². The van der Waals surface area contributed by atoms with Crippen LogP contribution in [0.1, 0.15) is 35.2 Å². The normalized spacial score (nSPS) is 12.0. The summed E-state index contributed by atoms with van der Waals surface area (Å²) in [6, 6.07) is 14.2. The Bertz CT molecular complexity index is 651. The number of rotatable bonds is 4. The first-order valence-electron chi connectivity index (χ1n) is 7.06. The van der Waals surface area contributed by atoms with Gasteiger partial charge in [0.25, 0.3) is 0 Å². The lowest BCUT2D eigenvalue weighted by atomic mass is 10.00. The highest BCUT2D eigenvalue weighted by Gasteiger charge is 2.12. The number of benzene rings is 2. The van der Waals surface area contributed by atoms with E-state index in [0.29, 0.717) is 6.42 Å². The van der Waals surface area contributed by atoms with Gasteiger partial charge in [-0.3, -0.25) is 4.79 Å². The molecule has 1 atom stereocenters. The van der Waals surface area contributed by atoms with E-state index in [9.17, 15) is 4.79 Å². The van der Waals surface area contributed by atoms with Gasteiger partial charge in [-0.15, -0.1) is 0 Å². The number of halogens is 1. The zero-order valence-corrected chi connectivity index (χ0v) is 14.2. The van der Waals surface area contributed by atoms with Crippen molar-refractivity contribution in [2.75, 3.05) is 0 Å². The molecule has 21 heavy (non-hydrogen) atoms. The molecule has 2 aromatic rings. The van der Waals surface area contributed by atoms with Crippen molar-refractivity contribution < 1.29 is 4.79 Å². The molecule has 0 radical (unpaired) electrons. The van der Waals surface area contributed by atoms with Gasteiger partial charge in [-0.05, 0) is 49.6 Å². The predicted octanol–water partition coefficient (Wildman–Crippen LogP) is 4.49. The molecule has 0 saturated carbocycles. The fourth-order valence-electron chi connectivity index (χ4n) is 2.51. The van der Waals surface area contributed by atoms with Gasteiger partial charge in [0.05, 0.1) is 12.5 Å². The van der Waals surface area contributed by atoms with E-state index in [0.717, 1.165) is 10.0 Å². The van der Waals surface area contributed by atoms with Gasteiger partial charge in [-0.25, -0.2) is 0 Å². The Morgan fingerprint density at radius 1 is 1.19 bits per heavy atom. The summed E-state index contributed by atoms with van der Waals surface area (Å²) in [6.07, 6.45) is 0.398. The summed E-state index contributed by atoms with van der Waals surface area (Å²) in [7, 11) is 0. The molecule has 0 aliphatic rings.